The molecular formula is C17H27N5O3. The van der Waals surface area contributed by atoms with E-state index in [0.717, 1.165) is 38.9 Å². The van der Waals surface area contributed by atoms with Crippen molar-refractivity contribution in [1.82, 2.24) is 14.9 Å². The fourth-order valence-electron chi connectivity index (χ4n) is 2.68. The second-order valence-electron chi connectivity index (χ2n) is 7.28. The average molecular weight is 349 g/mol. The van der Waals surface area contributed by atoms with Crippen LogP contribution in [0.2, 0.25) is 0 Å². The number of primary amides is 1. The first-order chi connectivity index (χ1) is 11.7. The Hall–Kier alpha value is -2.38. The van der Waals surface area contributed by atoms with E-state index in [0.29, 0.717) is 11.7 Å². The Bertz CT molecular complexity index is 589. The maximum atomic E-state index is 12.0. The highest BCUT2D eigenvalue weighted by Gasteiger charge is 2.26. The van der Waals surface area contributed by atoms with Gasteiger partial charge in [0.1, 0.15) is 17.1 Å². The molecule has 1 aromatic rings. The number of amides is 2. The molecule has 1 saturated heterocycles. The molecule has 0 spiro atoms. The lowest BCUT2D eigenvalue weighted by molar-refractivity contribution is 0.0182. The van der Waals surface area contributed by atoms with Crippen LogP contribution >= 0.6 is 0 Å². The summed E-state index contributed by atoms with van der Waals surface area (Å²) in [4.78, 5) is 32.8. The molecule has 8 heteroatoms. The summed E-state index contributed by atoms with van der Waals surface area (Å²) in [6.07, 6.45) is 5.56. The number of aromatic nitrogens is 2. The van der Waals surface area contributed by atoms with Crippen LogP contribution < -0.4 is 11.1 Å². The van der Waals surface area contributed by atoms with Gasteiger partial charge in [0.15, 0.2) is 0 Å². The number of rotatable bonds is 5. The monoisotopic (exact) mass is 349 g/mol. The summed E-state index contributed by atoms with van der Waals surface area (Å²) in [6, 6.07) is 0. The van der Waals surface area contributed by atoms with Gasteiger partial charge in [-0.3, -0.25) is 4.79 Å². The van der Waals surface area contributed by atoms with E-state index in [1.54, 1.807) is 4.90 Å². The molecule has 1 aliphatic rings. The van der Waals surface area contributed by atoms with Gasteiger partial charge in [0.05, 0.1) is 12.4 Å². The first-order valence-electron chi connectivity index (χ1n) is 8.58. The van der Waals surface area contributed by atoms with E-state index >= 15 is 0 Å². The molecule has 1 aromatic heterocycles. The zero-order chi connectivity index (χ0) is 18.4. The van der Waals surface area contributed by atoms with Crippen molar-refractivity contribution < 1.29 is 14.3 Å². The molecule has 2 amide bonds. The van der Waals surface area contributed by atoms with Crippen LogP contribution in [-0.4, -0.2) is 52.1 Å². The maximum absolute atomic E-state index is 12.0. The minimum absolute atomic E-state index is 0.153. The van der Waals surface area contributed by atoms with Crippen LogP contribution in [0.4, 0.5) is 10.6 Å². The lowest BCUT2D eigenvalue weighted by Crippen LogP contribution is -2.41. The first-order valence-corrected chi connectivity index (χ1v) is 8.58. The largest absolute Gasteiger partial charge is 0.444 e. The van der Waals surface area contributed by atoms with E-state index in [4.69, 9.17) is 10.5 Å². The van der Waals surface area contributed by atoms with Crippen molar-refractivity contribution in [3.05, 3.63) is 18.1 Å². The number of nitrogens with two attached hydrogens (primary N) is 1. The molecule has 8 nitrogen and oxygen atoms in total. The third-order valence-electron chi connectivity index (χ3n) is 4.03. The third kappa shape index (κ3) is 6.21. The number of carbonyl (C=O) groups is 2. The molecule has 0 aromatic carbocycles. The van der Waals surface area contributed by atoms with Crippen LogP contribution in [0.3, 0.4) is 0 Å². The highest BCUT2D eigenvalue weighted by atomic mass is 16.6. The van der Waals surface area contributed by atoms with Gasteiger partial charge in [0, 0.05) is 19.6 Å². The van der Waals surface area contributed by atoms with Crippen LogP contribution in [-0.2, 0) is 4.74 Å². The molecule has 1 aliphatic heterocycles. The van der Waals surface area contributed by atoms with Crippen LogP contribution in [0, 0.1) is 5.92 Å². The topological polar surface area (TPSA) is 110 Å². The van der Waals surface area contributed by atoms with Crippen LogP contribution in [0.1, 0.15) is 50.5 Å². The fourth-order valence-corrected chi connectivity index (χ4v) is 2.68. The maximum Gasteiger partial charge on any atom is 0.410 e. The van der Waals surface area contributed by atoms with Crippen LogP contribution in [0.5, 0.6) is 0 Å². The van der Waals surface area contributed by atoms with Gasteiger partial charge in [0.25, 0.3) is 5.91 Å². The van der Waals surface area contributed by atoms with Crippen molar-refractivity contribution in [2.24, 2.45) is 11.7 Å². The number of nitrogens with one attached hydrogen (secondary N) is 1. The molecule has 0 bridgehead atoms. The summed E-state index contributed by atoms with van der Waals surface area (Å²) in [5.74, 6) is 0.594. The predicted molar refractivity (Wildman–Crippen MR) is 94.2 cm³/mol. The molecule has 0 atom stereocenters. The Kier molecular flexibility index (Phi) is 6.17. The Balaban J connectivity index is 1.68. The van der Waals surface area contributed by atoms with Crippen LogP contribution in [0.25, 0.3) is 0 Å². The van der Waals surface area contributed by atoms with Gasteiger partial charge in [-0.2, -0.15) is 0 Å². The first kappa shape index (κ1) is 19.0. The number of hydrogen-bond donors (Lipinski definition) is 2. The van der Waals surface area contributed by atoms with Gasteiger partial charge in [-0.25, -0.2) is 14.8 Å². The molecule has 1 fully saturated rings. The predicted octanol–water partition coefficient (Wildman–Crippen LogP) is 2.02. The Morgan fingerprint density at radius 3 is 2.48 bits per heavy atom. The summed E-state index contributed by atoms with van der Waals surface area (Å²) in [5.41, 5.74) is 4.83. The van der Waals surface area contributed by atoms with Crippen molar-refractivity contribution in [2.75, 3.05) is 25.0 Å². The van der Waals surface area contributed by atoms with Gasteiger partial charge in [-0.15, -0.1) is 0 Å². The number of hydrogen-bond acceptors (Lipinski definition) is 6. The zero-order valence-electron chi connectivity index (χ0n) is 15.1. The smallest absolute Gasteiger partial charge is 0.410 e. The van der Waals surface area contributed by atoms with Gasteiger partial charge >= 0.3 is 6.09 Å². The van der Waals surface area contributed by atoms with E-state index in [-0.39, 0.29) is 11.8 Å². The molecular weight excluding hydrogens is 322 g/mol. The minimum Gasteiger partial charge on any atom is -0.444 e. The standard InChI is InChI=1S/C17H27N5O3/c1-17(2,3)25-16(24)22-8-5-12(6-9-22)4-7-19-14-11-20-13(10-21-14)15(18)23/h10-12H,4-9H2,1-3H3,(H2,18,23)(H,19,21). The lowest BCUT2D eigenvalue weighted by Gasteiger charge is -2.33. The average Bonchev–Trinajstić information content (AvgIpc) is 2.54. The third-order valence-corrected chi connectivity index (χ3v) is 4.03. The number of anilines is 1. The van der Waals surface area contributed by atoms with Gasteiger partial charge in [0.2, 0.25) is 0 Å². The highest BCUT2D eigenvalue weighted by Crippen LogP contribution is 2.22. The Morgan fingerprint density at radius 2 is 1.96 bits per heavy atom. The van der Waals surface area contributed by atoms with Crippen molar-refractivity contribution >= 4 is 17.8 Å². The summed E-state index contributed by atoms with van der Waals surface area (Å²) >= 11 is 0. The molecule has 3 N–H and O–H groups in total. The minimum atomic E-state index is -0.587. The highest BCUT2D eigenvalue weighted by molar-refractivity contribution is 5.90. The Morgan fingerprint density at radius 1 is 1.28 bits per heavy atom. The number of nitrogens with zero attached hydrogens (tertiary/aromatic N) is 3. The summed E-state index contributed by atoms with van der Waals surface area (Å²) < 4.78 is 5.40. The molecule has 0 radical (unpaired) electrons. The fraction of sp³-hybridized carbons (Fsp3) is 0.647. The molecule has 0 saturated carbocycles. The molecule has 0 aliphatic carbocycles. The van der Waals surface area contributed by atoms with Gasteiger partial charge < -0.3 is 20.7 Å². The summed E-state index contributed by atoms with van der Waals surface area (Å²) in [7, 11) is 0. The number of carbonyl (C=O) groups excluding carboxylic acids is 2. The van der Waals surface area contributed by atoms with E-state index in [1.807, 2.05) is 20.8 Å². The molecule has 2 heterocycles. The van der Waals surface area contributed by atoms with Gasteiger partial charge in [-0.1, -0.05) is 0 Å². The van der Waals surface area contributed by atoms with Crippen molar-refractivity contribution in [1.29, 1.82) is 0 Å². The zero-order valence-corrected chi connectivity index (χ0v) is 15.1. The van der Waals surface area contributed by atoms with E-state index in [1.165, 1.54) is 12.4 Å². The number of piperidine rings is 1. The van der Waals surface area contributed by atoms with Crippen LogP contribution in [0.15, 0.2) is 12.4 Å². The van der Waals surface area contributed by atoms with E-state index < -0.39 is 11.5 Å². The SMILES string of the molecule is CC(C)(C)OC(=O)N1CCC(CCNc2cnc(C(N)=O)cn2)CC1. The molecule has 0 unspecified atom stereocenters. The summed E-state index contributed by atoms with van der Waals surface area (Å²) in [6.45, 7) is 7.85. The normalized spacial score (nSPS) is 15.7. The Labute approximate surface area is 148 Å². The molecule has 2 rings (SSSR count). The molecule has 25 heavy (non-hydrogen) atoms. The number of ether oxygens (including phenoxy) is 1. The van der Waals surface area contributed by atoms with Crippen molar-refractivity contribution in [3.63, 3.8) is 0 Å². The quantitative estimate of drug-likeness (QED) is 0.841. The molecule has 138 valence electrons. The summed E-state index contributed by atoms with van der Waals surface area (Å²) in [5, 5.41) is 3.19. The second kappa shape index (κ2) is 8.13. The van der Waals surface area contributed by atoms with Crippen molar-refractivity contribution in [3.8, 4) is 0 Å². The van der Waals surface area contributed by atoms with Crippen molar-refractivity contribution in [2.45, 2.75) is 45.6 Å². The second-order valence-corrected chi connectivity index (χ2v) is 7.28. The number of likely N-dealkylation sites (tertiary alicyclic amines) is 1. The van der Waals surface area contributed by atoms with Gasteiger partial charge in [-0.05, 0) is 46.0 Å². The van der Waals surface area contributed by atoms with E-state index in [2.05, 4.69) is 15.3 Å². The lowest BCUT2D eigenvalue weighted by atomic mass is 9.94. The van der Waals surface area contributed by atoms with E-state index in [9.17, 15) is 9.59 Å².